The lowest BCUT2D eigenvalue weighted by Crippen LogP contribution is -2.43. The fourth-order valence-corrected chi connectivity index (χ4v) is 2.42. The molecule has 0 radical (unpaired) electrons. The van der Waals surface area contributed by atoms with Crippen LogP contribution in [-0.2, 0) is 9.59 Å². The summed E-state index contributed by atoms with van der Waals surface area (Å²) in [6.45, 7) is 2.00. The molecular weight excluding hydrogens is 218 g/mol. The number of aliphatic carboxylic acids is 1. The van der Waals surface area contributed by atoms with Gasteiger partial charge in [-0.2, -0.15) is 0 Å². The highest BCUT2D eigenvalue weighted by molar-refractivity contribution is 5.85. The molecule has 2 N–H and O–H groups in total. The Balaban J connectivity index is 1.96. The average Bonchev–Trinajstić information content (AvgIpc) is 3.12. The molecule has 2 rings (SSSR count). The van der Waals surface area contributed by atoms with Crippen molar-refractivity contribution < 1.29 is 14.7 Å². The Kier molecular flexibility index (Phi) is 3.50. The fraction of sp³-hybridized carbons (Fsp3) is 0.692. The molecule has 1 fully saturated rings. The molecule has 0 aromatic rings. The lowest BCUT2D eigenvalue weighted by atomic mass is 9.82. The number of rotatable bonds is 4. The third kappa shape index (κ3) is 2.87. The summed E-state index contributed by atoms with van der Waals surface area (Å²) >= 11 is 0. The molecule has 0 heterocycles. The van der Waals surface area contributed by atoms with Crippen molar-refractivity contribution in [1.82, 2.24) is 5.32 Å². The van der Waals surface area contributed by atoms with Crippen molar-refractivity contribution in [3.63, 3.8) is 0 Å². The van der Waals surface area contributed by atoms with Gasteiger partial charge in [0.2, 0.25) is 5.91 Å². The van der Waals surface area contributed by atoms with Crippen molar-refractivity contribution >= 4 is 11.9 Å². The highest BCUT2D eigenvalue weighted by Gasteiger charge is 2.36. The minimum atomic E-state index is -0.867. The Morgan fingerprint density at radius 3 is 2.35 bits per heavy atom. The van der Waals surface area contributed by atoms with Crippen molar-refractivity contribution in [1.29, 1.82) is 0 Å². The summed E-state index contributed by atoms with van der Waals surface area (Å²) in [5, 5.41) is 12.1. The summed E-state index contributed by atoms with van der Waals surface area (Å²) in [5.74, 6) is -1.33. The van der Waals surface area contributed by atoms with Gasteiger partial charge in [-0.15, -0.1) is 0 Å². The van der Waals surface area contributed by atoms with E-state index in [1.807, 2.05) is 19.1 Å². The molecule has 94 valence electrons. The molecule has 0 spiro atoms. The van der Waals surface area contributed by atoms with Gasteiger partial charge in [-0.3, -0.25) is 9.59 Å². The van der Waals surface area contributed by atoms with E-state index in [0.29, 0.717) is 18.8 Å². The van der Waals surface area contributed by atoms with Gasteiger partial charge in [0, 0.05) is 6.04 Å². The maximum absolute atomic E-state index is 12.0. The number of allylic oxidation sites excluding steroid dienone is 2. The van der Waals surface area contributed by atoms with E-state index in [1.165, 1.54) is 12.8 Å². The van der Waals surface area contributed by atoms with E-state index in [-0.39, 0.29) is 11.9 Å². The van der Waals surface area contributed by atoms with Crippen LogP contribution in [0.3, 0.4) is 0 Å². The molecular formula is C13H19NO3. The topological polar surface area (TPSA) is 66.4 Å². The molecule has 0 aromatic heterocycles. The van der Waals surface area contributed by atoms with E-state index in [1.54, 1.807) is 0 Å². The Labute approximate surface area is 101 Å². The Morgan fingerprint density at radius 1 is 1.24 bits per heavy atom. The number of nitrogens with one attached hydrogen (secondary N) is 1. The molecule has 1 amide bonds. The van der Waals surface area contributed by atoms with Gasteiger partial charge < -0.3 is 10.4 Å². The molecule has 2 aliphatic rings. The summed E-state index contributed by atoms with van der Waals surface area (Å²) in [6.07, 6.45) is 7.12. The average molecular weight is 237 g/mol. The highest BCUT2D eigenvalue weighted by atomic mass is 16.4. The molecule has 1 saturated carbocycles. The van der Waals surface area contributed by atoms with Crippen LogP contribution in [0.5, 0.6) is 0 Å². The quantitative estimate of drug-likeness (QED) is 0.729. The summed E-state index contributed by atoms with van der Waals surface area (Å²) in [4.78, 5) is 23.1. The van der Waals surface area contributed by atoms with Crippen LogP contribution in [-0.4, -0.2) is 23.0 Å². The van der Waals surface area contributed by atoms with Gasteiger partial charge in [0.05, 0.1) is 11.8 Å². The van der Waals surface area contributed by atoms with E-state index in [9.17, 15) is 9.59 Å². The second-order valence-corrected chi connectivity index (χ2v) is 5.13. The summed E-state index contributed by atoms with van der Waals surface area (Å²) in [7, 11) is 0. The Morgan fingerprint density at radius 2 is 1.82 bits per heavy atom. The molecule has 17 heavy (non-hydrogen) atoms. The van der Waals surface area contributed by atoms with Gasteiger partial charge in [0.25, 0.3) is 0 Å². The number of carboxylic acid groups (broad SMARTS) is 1. The first-order chi connectivity index (χ1) is 8.09. The van der Waals surface area contributed by atoms with Crippen LogP contribution in [0.4, 0.5) is 0 Å². The van der Waals surface area contributed by atoms with Gasteiger partial charge in [0.1, 0.15) is 0 Å². The minimum absolute atomic E-state index is 0.0962. The SMILES string of the molecule is CC(NC(=O)C1CC=CCC1C(=O)O)C1CC1. The molecule has 4 nitrogen and oxygen atoms in total. The zero-order chi connectivity index (χ0) is 12.4. The Hall–Kier alpha value is -1.32. The summed E-state index contributed by atoms with van der Waals surface area (Å²) in [5.41, 5.74) is 0. The molecule has 0 bridgehead atoms. The smallest absolute Gasteiger partial charge is 0.307 e. The number of carboxylic acids is 1. The van der Waals surface area contributed by atoms with E-state index < -0.39 is 17.8 Å². The van der Waals surface area contributed by atoms with Crippen LogP contribution in [0, 0.1) is 17.8 Å². The van der Waals surface area contributed by atoms with Crippen molar-refractivity contribution in [2.75, 3.05) is 0 Å². The lowest BCUT2D eigenvalue weighted by molar-refractivity contribution is -0.147. The van der Waals surface area contributed by atoms with E-state index in [2.05, 4.69) is 5.32 Å². The van der Waals surface area contributed by atoms with Gasteiger partial charge in [-0.05, 0) is 38.5 Å². The second kappa shape index (κ2) is 4.90. The van der Waals surface area contributed by atoms with Crippen molar-refractivity contribution in [2.24, 2.45) is 17.8 Å². The van der Waals surface area contributed by atoms with Crippen LogP contribution in [0.15, 0.2) is 12.2 Å². The molecule has 0 aromatic carbocycles. The van der Waals surface area contributed by atoms with Gasteiger partial charge in [0.15, 0.2) is 0 Å². The zero-order valence-electron chi connectivity index (χ0n) is 10.1. The fourth-order valence-electron chi connectivity index (χ4n) is 2.42. The molecule has 0 saturated heterocycles. The first-order valence-electron chi connectivity index (χ1n) is 6.27. The molecule has 4 heteroatoms. The standard InChI is InChI=1S/C13H19NO3/c1-8(9-6-7-9)14-12(15)10-4-2-3-5-11(10)13(16)17/h2-3,8-11H,4-7H2,1H3,(H,14,15)(H,16,17). The van der Waals surface area contributed by atoms with Crippen LogP contribution in [0.1, 0.15) is 32.6 Å². The first-order valence-corrected chi connectivity index (χ1v) is 6.27. The first kappa shape index (κ1) is 12.1. The number of carbonyl (C=O) groups excluding carboxylic acids is 1. The lowest BCUT2D eigenvalue weighted by Gasteiger charge is -2.26. The van der Waals surface area contributed by atoms with Crippen molar-refractivity contribution in [2.45, 2.75) is 38.6 Å². The maximum Gasteiger partial charge on any atom is 0.307 e. The van der Waals surface area contributed by atoms with Gasteiger partial charge in [-0.25, -0.2) is 0 Å². The number of hydrogen-bond acceptors (Lipinski definition) is 2. The second-order valence-electron chi connectivity index (χ2n) is 5.13. The van der Waals surface area contributed by atoms with Crippen LogP contribution < -0.4 is 5.32 Å². The predicted octanol–water partition coefficient (Wildman–Crippen LogP) is 1.57. The largest absolute Gasteiger partial charge is 0.481 e. The zero-order valence-corrected chi connectivity index (χ0v) is 10.1. The number of hydrogen-bond donors (Lipinski definition) is 2. The van der Waals surface area contributed by atoms with Crippen LogP contribution in [0.2, 0.25) is 0 Å². The van der Waals surface area contributed by atoms with Crippen LogP contribution >= 0.6 is 0 Å². The maximum atomic E-state index is 12.0. The number of carbonyl (C=O) groups is 2. The van der Waals surface area contributed by atoms with Gasteiger partial charge >= 0.3 is 5.97 Å². The van der Waals surface area contributed by atoms with Crippen molar-refractivity contribution in [3.8, 4) is 0 Å². The molecule has 3 unspecified atom stereocenters. The normalized spacial score (nSPS) is 29.7. The highest BCUT2D eigenvalue weighted by Crippen LogP contribution is 2.33. The molecule has 0 aliphatic heterocycles. The minimum Gasteiger partial charge on any atom is -0.481 e. The predicted molar refractivity (Wildman–Crippen MR) is 63.3 cm³/mol. The van der Waals surface area contributed by atoms with E-state index >= 15 is 0 Å². The number of amides is 1. The van der Waals surface area contributed by atoms with E-state index in [4.69, 9.17) is 5.11 Å². The summed E-state index contributed by atoms with van der Waals surface area (Å²) in [6, 6.07) is 0.183. The third-order valence-electron chi connectivity index (χ3n) is 3.79. The monoisotopic (exact) mass is 237 g/mol. The van der Waals surface area contributed by atoms with Gasteiger partial charge in [-0.1, -0.05) is 12.2 Å². The summed E-state index contributed by atoms with van der Waals surface area (Å²) < 4.78 is 0. The third-order valence-corrected chi connectivity index (χ3v) is 3.79. The van der Waals surface area contributed by atoms with Crippen LogP contribution in [0.25, 0.3) is 0 Å². The molecule has 2 aliphatic carbocycles. The van der Waals surface area contributed by atoms with E-state index in [0.717, 1.165) is 0 Å². The Bertz CT molecular complexity index is 347. The molecule has 3 atom stereocenters. The van der Waals surface area contributed by atoms with Crippen molar-refractivity contribution in [3.05, 3.63) is 12.2 Å².